The number of carbonyl (C=O) groups is 1. The Bertz CT molecular complexity index is 662. The van der Waals surface area contributed by atoms with E-state index in [0.29, 0.717) is 22.9 Å². The molecule has 0 aliphatic carbocycles. The Balaban J connectivity index is 2.39. The number of amides is 1. The lowest BCUT2D eigenvalue weighted by atomic mass is 10.1. The number of nitrogens with two attached hydrogens (primary N) is 2. The normalized spacial score (nSPS) is 10.2. The van der Waals surface area contributed by atoms with Crippen molar-refractivity contribution < 1.29 is 9.53 Å². The summed E-state index contributed by atoms with van der Waals surface area (Å²) in [4.78, 5) is 12.2. The van der Waals surface area contributed by atoms with Gasteiger partial charge in [-0.05, 0) is 24.1 Å². The minimum Gasteiger partial charge on any atom is -0.494 e. The number of carbonyl (C=O) groups excluding carboxylic acids is 1. The molecule has 1 aromatic carbocycles. The SMILES string of the molecule is C=C(C)OCc1ccccc1-c1cc(C(N)=O)c(N)s1. The van der Waals surface area contributed by atoms with Gasteiger partial charge < -0.3 is 16.2 Å². The van der Waals surface area contributed by atoms with Crippen LogP contribution in [0.2, 0.25) is 0 Å². The number of hydrogen-bond acceptors (Lipinski definition) is 4. The number of benzene rings is 1. The first-order valence-corrected chi connectivity index (χ1v) is 6.86. The number of allylic oxidation sites excluding steroid dienone is 1. The van der Waals surface area contributed by atoms with Crippen LogP contribution in [0.15, 0.2) is 42.7 Å². The molecule has 0 aliphatic rings. The molecule has 0 saturated heterocycles. The fourth-order valence-corrected chi connectivity index (χ4v) is 2.81. The van der Waals surface area contributed by atoms with Crippen LogP contribution in [0.5, 0.6) is 0 Å². The van der Waals surface area contributed by atoms with Gasteiger partial charge in [-0.3, -0.25) is 4.79 Å². The first kappa shape index (κ1) is 14.1. The third-order valence-electron chi connectivity index (χ3n) is 2.78. The van der Waals surface area contributed by atoms with Crippen molar-refractivity contribution in [2.75, 3.05) is 5.73 Å². The van der Waals surface area contributed by atoms with E-state index in [1.165, 1.54) is 11.3 Å². The Morgan fingerprint density at radius 3 is 2.70 bits per heavy atom. The highest BCUT2D eigenvalue weighted by Gasteiger charge is 2.14. The summed E-state index contributed by atoms with van der Waals surface area (Å²) >= 11 is 1.34. The molecule has 104 valence electrons. The zero-order chi connectivity index (χ0) is 14.7. The predicted octanol–water partition coefficient (Wildman–Crippen LogP) is 3.15. The molecule has 0 aliphatic heterocycles. The lowest BCUT2D eigenvalue weighted by molar-refractivity contribution is 0.100. The van der Waals surface area contributed by atoms with Gasteiger partial charge in [0.2, 0.25) is 0 Å². The lowest BCUT2D eigenvalue weighted by Gasteiger charge is -2.09. The Morgan fingerprint density at radius 1 is 1.40 bits per heavy atom. The molecular formula is C15H16N2O2S. The molecule has 0 unspecified atom stereocenters. The van der Waals surface area contributed by atoms with Gasteiger partial charge in [-0.15, -0.1) is 11.3 Å². The number of thiophene rings is 1. The summed E-state index contributed by atoms with van der Waals surface area (Å²) in [6.45, 7) is 5.94. The molecule has 0 spiro atoms. The van der Waals surface area contributed by atoms with Gasteiger partial charge >= 0.3 is 0 Å². The van der Waals surface area contributed by atoms with E-state index in [2.05, 4.69) is 6.58 Å². The van der Waals surface area contributed by atoms with Crippen LogP contribution in [0, 0.1) is 0 Å². The third kappa shape index (κ3) is 3.00. The average molecular weight is 288 g/mol. The highest BCUT2D eigenvalue weighted by atomic mass is 32.1. The first-order valence-electron chi connectivity index (χ1n) is 6.04. The Morgan fingerprint density at radius 2 is 2.10 bits per heavy atom. The number of anilines is 1. The minimum absolute atomic E-state index is 0.362. The molecule has 0 atom stereocenters. The monoisotopic (exact) mass is 288 g/mol. The van der Waals surface area contributed by atoms with E-state index < -0.39 is 5.91 Å². The molecule has 0 saturated carbocycles. The summed E-state index contributed by atoms with van der Waals surface area (Å²) in [5.74, 6) is 0.143. The van der Waals surface area contributed by atoms with E-state index in [-0.39, 0.29) is 0 Å². The van der Waals surface area contributed by atoms with Gasteiger partial charge in [0.05, 0.1) is 16.3 Å². The van der Waals surface area contributed by atoms with Gasteiger partial charge in [-0.1, -0.05) is 30.8 Å². The molecule has 1 aromatic heterocycles. The highest BCUT2D eigenvalue weighted by molar-refractivity contribution is 7.19. The van der Waals surface area contributed by atoms with E-state index >= 15 is 0 Å². The third-order valence-corrected chi connectivity index (χ3v) is 3.78. The molecule has 2 aromatic rings. The smallest absolute Gasteiger partial charge is 0.251 e. The second-order valence-corrected chi connectivity index (χ2v) is 5.48. The molecule has 0 radical (unpaired) electrons. The Labute approximate surface area is 121 Å². The van der Waals surface area contributed by atoms with Crippen LogP contribution < -0.4 is 11.5 Å². The number of rotatable bonds is 5. The lowest BCUT2D eigenvalue weighted by Crippen LogP contribution is -2.11. The molecule has 1 heterocycles. The summed E-state index contributed by atoms with van der Waals surface area (Å²) in [7, 11) is 0. The molecule has 0 bridgehead atoms. The van der Waals surface area contributed by atoms with Crippen molar-refractivity contribution in [1.82, 2.24) is 0 Å². The van der Waals surface area contributed by atoms with Crippen molar-refractivity contribution in [1.29, 1.82) is 0 Å². The predicted molar refractivity (Wildman–Crippen MR) is 82.3 cm³/mol. The molecule has 0 fully saturated rings. The number of primary amides is 1. The van der Waals surface area contributed by atoms with E-state index in [9.17, 15) is 4.79 Å². The fraction of sp³-hybridized carbons (Fsp3) is 0.133. The zero-order valence-corrected chi connectivity index (χ0v) is 12.0. The van der Waals surface area contributed by atoms with Crippen LogP contribution >= 0.6 is 11.3 Å². The molecule has 5 heteroatoms. The Kier molecular flexibility index (Phi) is 4.10. The second kappa shape index (κ2) is 5.79. The standard InChI is InChI=1S/C15H16N2O2S/c1-9(2)19-8-10-5-3-4-6-11(10)13-7-12(14(16)18)15(17)20-13/h3-7H,1,8,17H2,2H3,(H2,16,18). The molecule has 1 amide bonds. The summed E-state index contributed by atoms with van der Waals surface area (Å²) < 4.78 is 5.46. The highest BCUT2D eigenvalue weighted by Crippen LogP contribution is 2.35. The van der Waals surface area contributed by atoms with Crippen LogP contribution in [-0.2, 0) is 11.3 Å². The molecule has 2 rings (SSSR count). The minimum atomic E-state index is -0.513. The van der Waals surface area contributed by atoms with Crippen LogP contribution in [0.25, 0.3) is 10.4 Å². The van der Waals surface area contributed by atoms with Gasteiger partial charge in [0, 0.05) is 4.88 Å². The van der Waals surface area contributed by atoms with E-state index in [1.807, 2.05) is 24.3 Å². The van der Waals surface area contributed by atoms with E-state index in [1.54, 1.807) is 13.0 Å². The van der Waals surface area contributed by atoms with Crippen molar-refractivity contribution in [3.05, 3.63) is 53.8 Å². The van der Waals surface area contributed by atoms with Crippen molar-refractivity contribution >= 4 is 22.2 Å². The van der Waals surface area contributed by atoms with Crippen LogP contribution in [-0.4, -0.2) is 5.91 Å². The number of nitrogen functional groups attached to an aromatic ring is 1. The first-order chi connectivity index (χ1) is 9.49. The molecular weight excluding hydrogens is 272 g/mol. The van der Waals surface area contributed by atoms with Gasteiger partial charge in [0.25, 0.3) is 5.91 Å². The zero-order valence-electron chi connectivity index (χ0n) is 11.2. The van der Waals surface area contributed by atoms with Crippen molar-refractivity contribution in [3.8, 4) is 10.4 Å². The quantitative estimate of drug-likeness (QED) is 0.830. The largest absolute Gasteiger partial charge is 0.494 e. The average Bonchev–Trinajstić information content (AvgIpc) is 2.79. The van der Waals surface area contributed by atoms with Gasteiger partial charge in [-0.25, -0.2) is 0 Å². The van der Waals surface area contributed by atoms with Crippen LogP contribution in [0.1, 0.15) is 22.8 Å². The number of ether oxygens (including phenoxy) is 1. The maximum atomic E-state index is 11.3. The van der Waals surface area contributed by atoms with Crippen molar-refractivity contribution in [2.45, 2.75) is 13.5 Å². The fourth-order valence-electron chi connectivity index (χ4n) is 1.82. The topological polar surface area (TPSA) is 78.3 Å². The number of hydrogen-bond donors (Lipinski definition) is 2. The molecule has 4 N–H and O–H groups in total. The summed E-state index contributed by atoms with van der Waals surface area (Å²) in [6, 6.07) is 9.53. The van der Waals surface area contributed by atoms with Gasteiger partial charge in [0.15, 0.2) is 0 Å². The maximum Gasteiger partial charge on any atom is 0.251 e. The molecule has 4 nitrogen and oxygen atoms in total. The van der Waals surface area contributed by atoms with Crippen LogP contribution in [0.4, 0.5) is 5.00 Å². The van der Waals surface area contributed by atoms with E-state index in [0.717, 1.165) is 16.0 Å². The maximum absolute atomic E-state index is 11.3. The summed E-state index contributed by atoms with van der Waals surface area (Å²) in [5, 5.41) is 0.433. The summed E-state index contributed by atoms with van der Waals surface area (Å²) in [5.41, 5.74) is 13.5. The van der Waals surface area contributed by atoms with E-state index in [4.69, 9.17) is 16.2 Å². The molecule has 20 heavy (non-hydrogen) atoms. The van der Waals surface area contributed by atoms with Crippen molar-refractivity contribution in [2.24, 2.45) is 5.73 Å². The second-order valence-electron chi connectivity index (χ2n) is 4.40. The van der Waals surface area contributed by atoms with Gasteiger partial charge in [0.1, 0.15) is 6.61 Å². The van der Waals surface area contributed by atoms with Gasteiger partial charge in [-0.2, -0.15) is 0 Å². The summed E-state index contributed by atoms with van der Waals surface area (Å²) in [6.07, 6.45) is 0. The Hall–Kier alpha value is -2.27. The van der Waals surface area contributed by atoms with Crippen molar-refractivity contribution in [3.63, 3.8) is 0 Å². The van der Waals surface area contributed by atoms with Crippen LogP contribution in [0.3, 0.4) is 0 Å².